The summed E-state index contributed by atoms with van der Waals surface area (Å²) >= 11 is 0. The molecule has 1 heterocycles. The molecule has 1 aliphatic rings. The average molecular weight is 226 g/mol. The Morgan fingerprint density at radius 2 is 1.92 bits per heavy atom. The zero-order valence-corrected chi connectivity index (χ0v) is 9.44. The van der Waals surface area contributed by atoms with Crippen LogP contribution in [0.3, 0.4) is 0 Å². The van der Waals surface area contributed by atoms with Crippen molar-refractivity contribution in [1.29, 1.82) is 0 Å². The minimum absolute atomic E-state index is 0.128. The lowest BCUT2D eigenvalue weighted by molar-refractivity contribution is 0.216. The summed E-state index contributed by atoms with van der Waals surface area (Å²) in [7, 11) is 3.96. The summed E-state index contributed by atoms with van der Waals surface area (Å²) in [5.74, 6) is 0.674. The molecule has 1 rings (SSSR count). The fourth-order valence-electron chi connectivity index (χ4n) is 1.66. The number of halogens is 1. The van der Waals surface area contributed by atoms with Crippen LogP contribution in [0.25, 0.3) is 0 Å². The van der Waals surface area contributed by atoms with Gasteiger partial charge in [-0.25, -0.2) is 8.42 Å². The third kappa shape index (κ3) is 4.84. The van der Waals surface area contributed by atoms with Gasteiger partial charge in [-0.2, -0.15) is 0 Å². The van der Waals surface area contributed by atoms with Crippen LogP contribution in [-0.2, 0) is 9.05 Å². The Morgan fingerprint density at radius 3 is 2.38 bits per heavy atom. The van der Waals surface area contributed by atoms with Gasteiger partial charge < -0.3 is 4.90 Å². The van der Waals surface area contributed by atoms with E-state index in [4.69, 9.17) is 10.7 Å². The van der Waals surface area contributed by atoms with Crippen molar-refractivity contribution < 1.29 is 8.42 Å². The molecule has 1 fully saturated rings. The molecule has 1 aliphatic heterocycles. The van der Waals surface area contributed by atoms with E-state index < -0.39 is 9.05 Å². The Kier molecular flexibility index (Phi) is 4.01. The highest BCUT2D eigenvalue weighted by Crippen LogP contribution is 2.20. The Bertz CT molecular complexity index is 245. The van der Waals surface area contributed by atoms with Gasteiger partial charge in [0.25, 0.3) is 0 Å². The molecule has 0 N–H and O–H groups in total. The van der Waals surface area contributed by atoms with E-state index in [-0.39, 0.29) is 5.75 Å². The first-order valence-corrected chi connectivity index (χ1v) is 7.06. The van der Waals surface area contributed by atoms with E-state index >= 15 is 0 Å². The van der Waals surface area contributed by atoms with Crippen molar-refractivity contribution in [2.75, 3.05) is 25.9 Å². The lowest BCUT2D eigenvalue weighted by Crippen LogP contribution is -2.30. The summed E-state index contributed by atoms with van der Waals surface area (Å²) in [6.45, 7) is 2.15. The maximum absolute atomic E-state index is 10.7. The molecule has 0 spiro atoms. The first kappa shape index (κ1) is 11.3. The normalized spacial score (nSPS) is 22.0. The van der Waals surface area contributed by atoms with E-state index in [9.17, 15) is 8.42 Å². The molecular weight excluding hydrogens is 210 g/mol. The molecule has 0 saturated carbocycles. The van der Waals surface area contributed by atoms with Crippen molar-refractivity contribution in [3.8, 4) is 0 Å². The summed E-state index contributed by atoms with van der Waals surface area (Å²) in [5, 5.41) is 0. The van der Waals surface area contributed by atoms with Crippen molar-refractivity contribution in [1.82, 2.24) is 4.90 Å². The largest absolute Gasteiger partial charge is 0.306 e. The highest BCUT2D eigenvalue weighted by molar-refractivity contribution is 8.13. The maximum Gasteiger partial charge on any atom is 0.232 e. The molecule has 1 saturated heterocycles. The number of likely N-dealkylation sites (tertiary alicyclic amines) is 1. The summed E-state index contributed by atoms with van der Waals surface area (Å²) in [5.41, 5.74) is 0. The summed E-state index contributed by atoms with van der Waals surface area (Å²) in [6.07, 6.45) is 2.92. The van der Waals surface area contributed by atoms with Crippen molar-refractivity contribution in [2.24, 2.45) is 5.92 Å². The summed E-state index contributed by atoms with van der Waals surface area (Å²) < 4.78 is 21.4. The van der Waals surface area contributed by atoms with E-state index in [1.54, 1.807) is 0 Å². The van der Waals surface area contributed by atoms with Gasteiger partial charge in [0.05, 0.1) is 5.75 Å². The molecule has 5 heteroatoms. The van der Waals surface area contributed by atoms with E-state index in [2.05, 4.69) is 11.9 Å². The quantitative estimate of drug-likeness (QED) is 0.680. The van der Waals surface area contributed by atoms with Crippen molar-refractivity contribution in [3.05, 3.63) is 0 Å². The Morgan fingerprint density at radius 1 is 1.38 bits per heavy atom. The van der Waals surface area contributed by atoms with Crippen LogP contribution >= 0.6 is 10.7 Å². The van der Waals surface area contributed by atoms with E-state index in [0.29, 0.717) is 5.92 Å². The second-order valence-corrected chi connectivity index (χ2v) is 6.67. The zero-order chi connectivity index (χ0) is 9.90. The van der Waals surface area contributed by atoms with Crippen LogP contribution in [-0.4, -0.2) is 39.2 Å². The molecule has 0 aromatic carbocycles. The zero-order valence-electron chi connectivity index (χ0n) is 7.87. The molecule has 78 valence electrons. The highest BCUT2D eigenvalue weighted by Gasteiger charge is 2.18. The van der Waals surface area contributed by atoms with Gasteiger partial charge in [-0.05, 0) is 45.3 Å². The lowest BCUT2D eigenvalue weighted by Gasteiger charge is -2.28. The standard InChI is InChI=1S/C8H16ClNO2S/c1-10-5-2-8(3-6-10)4-7-13(9,11)12/h8H,2-7H2,1H3. The average Bonchev–Trinajstić information content (AvgIpc) is 2.02. The fraction of sp³-hybridized carbons (Fsp3) is 1.00. The third-order valence-corrected chi connectivity index (χ3v) is 3.79. The molecule has 0 radical (unpaired) electrons. The number of rotatable bonds is 3. The van der Waals surface area contributed by atoms with Crippen LogP contribution in [0, 0.1) is 5.92 Å². The van der Waals surface area contributed by atoms with Crippen molar-refractivity contribution >= 4 is 19.7 Å². The van der Waals surface area contributed by atoms with Gasteiger partial charge in [0.1, 0.15) is 0 Å². The van der Waals surface area contributed by atoms with Crippen LogP contribution in [0.1, 0.15) is 19.3 Å². The second kappa shape index (κ2) is 4.62. The van der Waals surface area contributed by atoms with Gasteiger partial charge >= 0.3 is 0 Å². The van der Waals surface area contributed by atoms with E-state index in [0.717, 1.165) is 32.4 Å². The molecule has 3 nitrogen and oxygen atoms in total. The van der Waals surface area contributed by atoms with E-state index in [1.807, 2.05) is 0 Å². The summed E-state index contributed by atoms with van der Waals surface area (Å²) in [4.78, 5) is 2.27. The minimum Gasteiger partial charge on any atom is -0.306 e. The summed E-state index contributed by atoms with van der Waals surface area (Å²) in [6, 6.07) is 0. The fourth-order valence-corrected chi connectivity index (χ4v) is 2.54. The molecule has 13 heavy (non-hydrogen) atoms. The van der Waals surface area contributed by atoms with Crippen LogP contribution in [0.2, 0.25) is 0 Å². The highest BCUT2D eigenvalue weighted by atomic mass is 35.7. The molecule has 0 amide bonds. The number of nitrogens with zero attached hydrogens (tertiary/aromatic N) is 1. The molecule has 0 aromatic rings. The van der Waals surface area contributed by atoms with Gasteiger partial charge in [0, 0.05) is 10.7 Å². The smallest absolute Gasteiger partial charge is 0.232 e. The van der Waals surface area contributed by atoms with Crippen LogP contribution in [0.4, 0.5) is 0 Å². The second-order valence-electron chi connectivity index (χ2n) is 3.78. The minimum atomic E-state index is -3.28. The van der Waals surface area contributed by atoms with Gasteiger partial charge in [-0.1, -0.05) is 0 Å². The predicted octanol–water partition coefficient (Wildman–Crippen LogP) is 1.29. The van der Waals surface area contributed by atoms with Gasteiger partial charge in [-0.15, -0.1) is 0 Å². The monoisotopic (exact) mass is 225 g/mol. The topological polar surface area (TPSA) is 37.4 Å². The maximum atomic E-state index is 10.7. The first-order chi connectivity index (χ1) is 5.97. The van der Waals surface area contributed by atoms with Crippen LogP contribution in [0.5, 0.6) is 0 Å². The molecular formula is C8H16ClNO2S. The predicted molar refractivity (Wildman–Crippen MR) is 54.5 cm³/mol. The Labute approximate surface area is 84.5 Å². The van der Waals surface area contributed by atoms with E-state index in [1.165, 1.54) is 0 Å². The van der Waals surface area contributed by atoms with Crippen molar-refractivity contribution in [3.63, 3.8) is 0 Å². The van der Waals surface area contributed by atoms with Gasteiger partial charge in [0.2, 0.25) is 9.05 Å². The van der Waals surface area contributed by atoms with Crippen LogP contribution < -0.4 is 0 Å². The Hall–Kier alpha value is 0.200. The third-order valence-electron chi connectivity index (χ3n) is 2.61. The SMILES string of the molecule is CN1CCC(CCS(=O)(=O)Cl)CC1. The molecule has 0 aromatic heterocycles. The molecule has 0 atom stereocenters. The molecule has 0 bridgehead atoms. The number of hydrogen-bond donors (Lipinski definition) is 0. The number of piperidine rings is 1. The first-order valence-electron chi connectivity index (χ1n) is 4.58. The van der Waals surface area contributed by atoms with Gasteiger partial charge in [0.15, 0.2) is 0 Å². The molecule has 0 unspecified atom stereocenters. The lowest BCUT2D eigenvalue weighted by atomic mass is 9.95. The number of hydrogen-bond acceptors (Lipinski definition) is 3. The van der Waals surface area contributed by atoms with Crippen molar-refractivity contribution in [2.45, 2.75) is 19.3 Å². The van der Waals surface area contributed by atoms with Crippen LogP contribution in [0.15, 0.2) is 0 Å². The molecule has 0 aliphatic carbocycles. The Balaban J connectivity index is 2.24. The van der Waals surface area contributed by atoms with Gasteiger partial charge in [-0.3, -0.25) is 0 Å².